The largest absolute Gasteiger partial charge is 0.350 e. The number of benzene rings is 2. The van der Waals surface area contributed by atoms with Crippen LogP contribution in [0.1, 0.15) is 11.1 Å². The molecule has 5 heteroatoms. The third-order valence-corrected chi connectivity index (χ3v) is 4.02. The summed E-state index contributed by atoms with van der Waals surface area (Å²) in [5.41, 5.74) is 2.58. The number of rotatable bonds is 5. The van der Waals surface area contributed by atoms with E-state index in [0.717, 1.165) is 16.2 Å². The Balaban J connectivity index is 2.10. The molecule has 0 saturated carbocycles. The van der Waals surface area contributed by atoms with Crippen molar-refractivity contribution in [3.05, 3.63) is 83.8 Å². The number of nitrogens with zero attached hydrogens (tertiary/aromatic N) is 1. The molecule has 2 aromatic rings. The zero-order chi connectivity index (χ0) is 18.0. The first-order valence-corrected chi connectivity index (χ1v) is 7.83. The van der Waals surface area contributed by atoms with Crippen LogP contribution in [0, 0.1) is 12.7 Å². The second kappa shape index (κ2) is 6.73. The van der Waals surface area contributed by atoms with Crippen LogP contribution >= 0.6 is 0 Å². The highest BCUT2D eigenvalue weighted by molar-refractivity contribution is 6.36. The second-order valence-corrected chi connectivity index (χ2v) is 5.71. The van der Waals surface area contributed by atoms with Crippen molar-refractivity contribution in [1.82, 2.24) is 4.90 Å². The van der Waals surface area contributed by atoms with E-state index in [9.17, 15) is 14.0 Å². The Labute approximate surface area is 145 Å². The molecule has 126 valence electrons. The van der Waals surface area contributed by atoms with Gasteiger partial charge in [0.05, 0.1) is 5.57 Å². The third kappa shape index (κ3) is 3.08. The number of halogens is 1. The highest BCUT2D eigenvalue weighted by Gasteiger charge is 2.38. The lowest BCUT2D eigenvalue weighted by molar-refractivity contribution is -0.136. The van der Waals surface area contributed by atoms with Crippen molar-refractivity contribution in [3.63, 3.8) is 0 Å². The van der Waals surface area contributed by atoms with E-state index in [1.54, 1.807) is 0 Å². The molecule has 0 fully saturated rings. The predicted molar refractivity (Wildman–Crippen MR) is 95.0 cm³/mol. The van der Waals surface area contributed by atoms with Crippen LogP contribution < -0.4 is 5.32 Å². The normalized spacial score (nSPS) is 14.2. The average Bonchev–Trinajstić information content (AvgIpc) is 2.83. The second-order valence-electron chi connectivity index (χ2n) is 5.71. The van der Waals surface area contributed by atoms with Crippen LogP contribution in [0.15, 0.2) is 66.9 Å². The number of carbonyl (C=O) groups is 2. The Kier molecular flexibility index (Phi) is 4.48. The Morgan fingerprint density at radius 3 is 2.40 bits per heavy atom. The number of imide groups is 1. The molecule has 0 saturated heterocycles. The summed E-state index contributed by atoms with van der Waals surface area (Å²) in [7, 11) is 0. The van der Waals surface area contributed by atoms with Crippen molar-refractivity contribution in [2.45, 2.75) is 6.92 Å². The SMILES string of the molecule is C=CCN1C(=O)C(Nc2ccccc2C)=C(c2ccc(F)cc2)C1=O. The first kappa shape index (κ1) is 16.6. The maximum absolute atomic E-state index is 13.2. The van der Waals surface area contributed by atoms with Crippen LogP contribution in [0.3, 0.4) is 0 Å². The van der Waals surface area contributed by atoms with Crippen LogP contribution in [0.25, 0.3) is 5.57 Å². The minimum absolute atomic E-state index is 0.112. The molecule has 0 bridgehead atoms. The highest BCUT2D eigenvalue weighted by Crippen LogP contribution is 2.31. The number of anilines is 1. The molecule has 25 heavy (non-hydrogen) atoms. The molecule has 1 aliphatic rings. The monoisotopic (exact) mass is 336 g/mol. The van der Waals surface area contributed by atoms with Gasteiger partial charge < -0.3 is 5.32 Å². The van der Waals surface area contributed by atoms with E-state index in [1.165, 1.54) is 30.3 Å². The molecule has 1 N–H and O–H groups in total. The van der Waals surface area contributed by atoms with E-state index in [1.807, 2.05) is 31.2 Å². The summed E-state index contributed by atoms with van der Waals surface area (Å²) in [4.78, 5) is 26.6. The lowest BCUT2D eigenvalue weighted by atomic mass is 10.0. The van der Waals surface area contributed by atoms with Gasteiger partial charge in [0.1, 0.15) is 11.5 Å². The fourth-order valence-corrected chi connectivity index (χ4v) is 2.72. The summed E-state index contributed by atoms with van der Waals surface area (Å²) >= 11 is 0. The fraction of sp³-hybridized carbons (Fsp3) is 0.100. The molecule has 4 nitrogen and oxygen atoms in total. The first-order chi connectivity index (χ1) is 12.0. The van der Waals surface area contributed by atoms with Crippen molar-refractivity contribution >= 4 is 23.1 Å². The molecule has 1 heterocycles. The molecular weight excluding hydrogens is 319 g/mol. The summed E-state index contributed by atoms with van der Waals surface area (Å²) in [6.07, 6.45) is 1.49. The summed E-state index contributed by atoms with van der Waals surface area (Å²) in [6.45, 7) is 5.61. The van der Waals surface area contributed by atoms with Gasteiger partial charge in [-0.3, -0.25) is 14.5 Å². The minimum atomic E-state index is -0.424. The van der Waals surface area contributed by atoms with E-state index in [4.69, 9.17) is 0 Å². The van der Waals surface area contributed by atoms with E-state index in [0.29, 0.717) is 5.56 Å². The topological polar surface area (TPSA) is 49.4 Å². The summed E-state index contributed by atoms with van der Waals surface area (Å²) in [6, 6.07) is 13.0. The van der Waals surface area contributed by atoms with Gasteiger partial charge in [-0.05, 0) is 36.2 Å². The van der Waals surface area contributed by atoms with Crippen LogP contribution in [0.2, 0.25) is 0 Å². The summed E-state index contributed by atoms with van der Waals surface area (Å²) in [5.74, 6) is -1.25. The predicted octanol–water partition coefficient (Wildman–Crippen LogP) is 3.51. The van der Waals surface area contributed by atoms with Crippen molar-refractivity contribution in [2.75, 3.05) is 11.9 Å². The van der Waals surface area contributed by atoms with Crippen molar-refractivity contribution < 1.29 is 14.0 Å². The van der Waals surface area contributed by atoms with E-state index >= 15 is 0 Å². The first-order valence-electron chi connectivity index (χ1n) is 7.83. The van der Waals surface area contributed by atoms with Gasteiger partial charge in [0.25, 0.3) is 11.8 Å². The molecule has 0 spiro atoms. The number of carbonyl (C=O) groups excluding carboxylic acids is 2. The Hall–Kier alpha value is -3.21. The molecule has 0 aromatic heterocycles. The van der Waals surface area contributed by atoms with Gasteiger partial charge in [0.2, 0.25) is 0 Å². The van der Waals surface area contributed by atoms with Crippen LogP contribution in [0.4, 0.5) is 10.1 Å². The molecule has 2 aromatic carbocycles. The molecule has 0 unspecified atom stereocenters. The number of aryl methyl sites for hydroxylation is 1. The zero-order valence-corrected chi connectivity index (χ0v) is 13.8. The van der Waals surface area contributed by atoms with Gasteiger partial charge in [0.15, 0.2) is 0 Å². The maximum Gasteiger partial charge on any atom is 0.278 e. The molecule has 0 atom stereocenters. The number of hydrogen-bond donors (Lipinski definition) is 1. The van der Waals surface area contributed by atoms with Gasteiger partial charge in [-0.25, -0.2) is 4.39 Å². The van der Waals surface area contributed by atoms with Gasteiger partial charge >= 0.3 is 0 Å². The molecule has 0 radical (unpaired) electrons. The average molecular weight is 336 g/mol. The van der Waals surface area contributed by atoms with Gasteiger partial charge in [-0.15, -0.1) is 6.58 Å². The Bertz CT molecular complexity index is 885. The van der Waals surface area contributed by atoms with Gasteiger partial charge in [0, 0.05) is 12.2 Å². The lowest BCUT2D eigenvalue weighted by Crippen LogP contribution is -2.32. The quantitative estimate of drug-likeness (QED) is 0.671. The molecule has 2 amide bonds. The van der Waals surface area contributed by atoms with Crippen molar-refractivity contribution in [1.29, 1.82) is 0 Å². The van der Waals surface area contributed by atoms with Gasteiger partial charge in [-0.2, -0.15) is 0 Å². The smallest absolute Gasteiger partial charge is 0.278 e. The standard InChI is InChI=1S/C20H17FN2O2/c1-3-12-23-19(24)17(14-8-10-15(21)11-9-14)18(20(23)25)22-16-7-5-4-6-13(16)2/h3-11,22H,1,12H2,2H3. The summed E-state index contributed by atoms with van der Waals surface area (Å²) < 4.78 is 13.2. The minimum Gasteiger partial charge on any atom is -0.350 e. The number of amides is 2. The molecular formula is C20H17FN2O2. The Morgan fingerprint density at radius 1 is 1.08 bits per heavy atom. The van der Waals surface area contributed by atoms with Crippen LogP contribution in [0.5, 0.6) is 0 Å². The Morgan fingerprint density at radius 2 is 1.76 bits per heavy atom. The molecule has 1 aliphatic heterocycles. The van der Waals surface area contributed by atoms with Crippen molar-refractivity contribution in [3.8, 4) is 0 Å². The van der Waals surface area contributed by atoms with Gasteiger partial charge in [-0.1, -0.05) is 36.4 Å². The zero-order valence-electron chi connectivity index (χ0n) is 13.8. The fourth-order valence-electron chi connectivity index (χ4n) is 2.72. The molecule has 3 rings (SSSR count). The number of para-hydroxylation sites is 1. The van der Waals surface area contributed by atoms with Crippen LogP contribution in [-0.4, -0.2) is 23.3 Å². The molecule has 0 aliphatic carbocycles. The van der Waals surface area contributed by atoms with E-state index in [2.05, 4.69) is 11.9 Å². The number of hydrogen-bond acceptors (Lipinski definition) is 3. The lowest BCUT2D eigenvalue weighted by Gasteiger charge is -2.13. The van der Waals surface area contributed by atoms with E-state index < -0.39 is 17.6 Å². The maximum atomic E-state index is 13.2. The number of nitrogens with one attached hydrogen (secondary N) is 1. The van der Waals surface area contributed by atoms with Crippen molar-refractivity contribution in [2.24, 2.45) is 0 Å². The van der Waals surface area contributed by atoms with E-state index in [-0.39, 0.29) is 17.8 Å². The third-order valence-electron chi connectivity index (χ3n) is 4.02. The summed E-state index contributed by atoms with van der Waals surface area (Å²) in [5, 5.41) is 3.08. The highest BCUT2D eigenvalue weighted by atomic mass is 19.1. The van der Waals surface area contributed by atoms with Crippen LogP contribution in [-0.2, 0) is 9.59 Å².